The van der Waals surface area contributed by atoms with Gasteiger partial charge in [0.2, 0.25) is 5.91 Å². The van der Waals surface area contributed by atoms with E-state index in [4.69, 9.17) is 11.6 Å². The molecule has 1 aliphatic rings. The van der Waals surface area contributed by atoms with Crippen molar-refractivity contribution in [2.75, 3.05) is 23.1 Å². The van der Waals surface area contributed by atoms with Crippen LogP contribution in [0.2, 0.25) is 5.02 Å². The molecule has 1 amide bonds. The molecule has 0 unspecified atom stereocenters. The number of nitrogens with zero attached hydrogens (tertiary/aromatic N) is 1. The summed E-state index contributed by atoms with van der Waals surface area (Å²) in [4.78, 5) is 12.5. The van der Waals surface area contributed by atoms with Crippen LogP contribution in [0, 0.1) is 0 Å². The number of carbonyl (C=O) groups excluding carboxylic acids is 1. The summed E-state index contributed by atoms with van der Waals surface area (Å²) in [6, 6.07) is 9.60. The molecule has 0 heterocycles. The second-order valence-electron chi connectivity index (χ2n) is 8.32. The minimum atomic E-state index is -4.71. The van der Waals surface area contributed by atoms with Crippen molar-refractivity contribution in [1.29, 1.82) is 0 Å². The molecule has 192 valence electrons. The number of amides is 1. The topological polar surface area (TPSA) is 66.5 Å². The molecule has 0 spiro atoms. The first-order valence-electron chi connectivity index (χ1n) is 11.4. The molecule has 1 fully saturated rings. The van der Waals surface area contributed by atoms with Crippen LogP contribution in [0.5, 0.6) is 0 Å². The average Bonchev–Trinajstić information content (AvgIpc) is 2.83. The molecule has 2 aromatic rings. The van der Waals surface area contributed by atoms with Crippen molar-refractivity contribution in [2.24, 2.45) is 0 Å². The SMILES string of the molecule is O=C(CN(c1cc(C(F)(F)F)ccc1Cl)S(=O)(=O)c1ccccc1)NCCCSC1CCCCC1. The number of hydrogen-bond acceptors (Lipinski definition) is 4. The van der Waals surface area contributed by atoms with Crippen molar-refractivity contribution in [2.45, 2.75) is 54.8 Å². The predicted molar refractivity (Wildman–Crippen MR) is 134 cm³/mol. The number of anilines is 1. The number of nitrogens with one attached hydrogen (secondary N) is 1. The molecule has 0 saturated heterocycles. The molecule has 0 aromatic heterocycles. The molecule has 3 rings (SSSR count). The van der Waals surface area contributed by atoms with Gasteiger partial charge in [-0.15, -0.1) is 0 Å². The standard InChI is InChI=1S/C24H28ClF3N2O3S2/c25-21-13-12-18(24(26,27)28)16-22(21)30(35(32,33)20-10-5-2-6-11-20)17-23(31)29-14-7-15-34-19-8-3-1-4-9-19/h2,5-6,10-13,16,19H,1,3-4,7-9,14-15,17H2,(H,29,31). The van der Waals surface area contributed by atoms with Crippen molar-refractivity contribution in [3.8, 4) is 0 Å². The van der Waals surface area contributed by atoms with E-state index in [1.54, 1.807) is 6.07 Å². The Hall–Kier alpha value is -1.91. The van der Waals surface area contributed by atoms with Crippen molar-refractivity contribution in [3.05, 3.63) is 59.1 Å². The van der Waals surface area contributed by atoms with E-state index in [1.165, 1.54) is 56.4 Å². The third kappa shape index (κ3) is 7.79. The largest absolute Gasteiger partial charge is 0.416 e. The number of halogens is 4. The quantitative estimate of drug-likeness (QED) is 0.363. The van der Waals surface area contributed by atoms with Gasteiger partial charge < -0.3 is 5.32 Å². The van der Waals surface area contributed by atoms with Gasteiger partial charge in [0.25, 0.3) is 10.0 Å². The predicted octanol–water partition coefficient (Wildman–Crippen LogP) is 6.13. The van der Waals surface area contributed by atoms with Gasteiger partial charge >= 0.3 is 6.18 Å². The van der Waals surface area contributed by atoms with E-state index in [0.717, 1.165) is 17.9 Å². The summed E-state index contributed by atoms with van der Waals surface area (Å²) in [6.45, 7) is -0.359. The fourth-order valence-corrected chi connectivity index (χ4v) is 6.90. The highest BCUT2D eigenvalue weighted by atomic mass is 35.5. The lowest BCUT2D eigenvalue weighted by atomic mass is 10.0. The Morgan fingerprint density at radius 1 is 1.09 bits per heavy atom. The van der Waals surface area contributed by atoms with Crippen LogP contribution in [-0.2, 0) is 21.0 Å². The summed E-state index contributed by atoms with van der Waals surface area (Å²) in [6.07, 6.45) is 2.20. The molecule has 35 heavy (non-hydrogen) atoms. The smallest absolute Gasteiger partial charge is 0.354 e. The lowest BCUT2D eigenvalue weighted by molar-refractivity contribution is -0.137. The van der Waals surface area contributed by atoms with Crippen LogP contribution in [0.3, 0.4) is 0 Å². The Morgan fingerprint density at radius 2 is 1.77 bits per heavy atom. The van der Waals surface area contributed by atoms with E-state index in [1.807, 2.05) is 11.8 Å². The van der Waals surface area contributed by atoms with Crippen LogP contribution in [0.15, 0.2) is 53.4 Å². The van der Waals surface area contributed by atoms with Crippen molar-refractivity contribution >= 4 is 45.0 Å². The van der Waals surface area contributed by atoms with Crippen molar-refractivity contribution < 1.29 is 26.4 Å². The van der Waals surface area contributed by atoms with Gasteiger partial charge in [-0.2, -0.15) is 24.9 Å². The minimum absolute atomic E-state index is 0.162. The van der Waals surface area contributed by atoms with E-state index in [2.05, 4.69) is 5.32 Å². The zero-order chi connectivity index (χ0) is 25.5. The Labute approximate surface area is 213 Å². The Morgan fingerprint density at radius 3 is 2.43 bits per heavy atom. The van der Waals surface area contributed by atoms with Crippen LogP contribution in [-0.4, -0.2) is 38.4 Å². The summed E-state index contributed by atoms with van der Waals surface area (Å²) in [7, 11) is -4.37. The number of rotatable bonds is 10. The Balaban J connectivity index is 1.74. The second kappa shape index (κ2) is 12.4. The van der Waals surface area contributed by atoms with Crippen LogP contribution in [0.25, 0.3) is 0 Å². The molecule has 1 aliphatic carbocycles. The molecular formula is C24H28ClF3N2O3S2. The molecule has 0 aliphatic heterocycles. The Bertz CT molecular complexity index is 1090. The first-order chi connectivity index (χ1) is 16.6. The lowest BCUT2D eigenvalue weighted by Gasteiger charge is -2.26. The van der Waals surface area contributed by atoms with E-state index in [0.29, 0.717) is 28.6 Å². The van der Waals surface area contributed by atoms with E-state index >= 15 is 0 Å². The van der Waals surface area contributed by atoms with E-state index < -0.39 is 39.9 Å². The molecular weight excluding hydrogens is 521 g/mol. The highest BCUT2D eigenvalue weighted by Gasteiger charge is 2.34. The highest BCUT2D eigenvalue weighted by molar-refractivity contribution is 7.99. The molecule has 0 bridgehead atoms. The molecule has 1 saturated carbocycles. The Kier molecular flexibility index (Phi) is 9.77. The van der Waals surface area contributed by atoms with Gasteiger partial charge in [0.1, 0.15) is 6.54 Å². The van der Waals surface area contributed by atoms with Gasteiger partial charge in [-0.3, -0.25) is 9.10 Å². The van der Waals surface area contributed by atoms with Crippen LogP contribution >= 0.6 is 23.4 Å². The zero-order valence-corrected chi connectivity index (χ0v) is 21.4. The molecule has 5 nitrogen and oxygen atoms in total. The van der Waals surface area contributed by atoms with Gasteiger partial charge in [-0.25, -0.2) is 8.42 Å². The lowest BCUT2D eigenvalue weighted by Crippen LogP contribution is -2.41. The summed E-state index contributed by atoms with van der Waals surface area (Å²) >= 11 is 8.02. The molecule has 2 aromatic carbocycles. The average molecular weight is 549 g/mol. The van der Waals surface area contributed by atoms with Crippen LogP contribution < -0.4 is 9.62 Å². The van der Waals surface area contributed by atoms with Gasteiger partial charge in [0.15, 0.2) is 0 Å². The first-order valence-corrected chi connectivity index (χ1v) is 14.3. The number of sulfonamides is 1. The first kappa shape index (κ1) is 27.7. The van der Waals surface area contributed by atoms with E-state index in [9.17, 15) is 26.4 Å². The summed E-state index contributed by atoms with van der Waals surface area (Å²) in [5.41, 5.74) is -1.47. The summed E-state index contributed by atoms with van der Waals surface area (Å²) in [5.74, 6) is 0.247. The molecule has 0 radical (unpaired) electrons. The number of thioether (sulfide) groups is 1. The third-order valence-corrected chi connectivity index (χ3v) is 9.27. The van der Waals surface area contributed by atoms with Crippen molar-refractivity contribution in [1.82, 2.24) is 5.32 Å². The normalized spacial score (nSPS) is 15.1. The molecule has 0 atom stereocenters. The summed E-state index contributed by atoms with van der Waals surface area (Å²) in [5, 5.41) is 3.12. The third-order valence-electron chi connectivity index (χ3n) is 5.71. The maximum absolute atomic E-state index is 13.3. The molecule has 11 heteroatoms. The minimum Gasteiger partial charge on any atom is -0.354 e. The monoisotopic (exact) mass is 548 g/mol. The van der Waals surface area contributed by atoms with Gasteiger partial charge in [-0.1, -0.05) is 49.1 Å². The zero-order valence-electron chi connectivity index (χ0n) is 19.1. The van der Waals surface area contributed by atoms with Gasteiger partial charge in [0.05, 0.1) is 21.2 Å². The van der Waals surface area contributed by atoms with Crippen molar-refractivity contribution in [3.63, 3.8) is 0 Å². The number of carbonyl (C=O) groups is 1. The maximum Gasteiger partial charge on any atom is 0.416 e. The summed E-state index contributed by atoms with van der Waals surface area (Å²) < 4.78 is 67.3. The van der Waals surface area contributed by atoms with Crippen LogP contribution in [0.4, 0.5) is 18.9 Å². The molecule has 1 N–H and O–H groups in total. The fraction of sp³-hybridized carbons (Fsp3) is 0.458. The fourth-order valence-electron chi connectivity index (χ4n) is 3.87. The number of hydrogen-bond donors (Lipinski definition) is 1. The second-order valence-corrected chi connectivity index (χ2v) is 12.0. The van der Waals surface area contributed by atoms with Crippen LogP contribution in [0.1, 0.15) is 44.1 Å². The van der Waals surface area contributed by atoms with E-state index in [-0.39, 0.29) is 9.92 Å². The van der Waals surface area contributed by atoms with Gasteiger partial charge in [-0.05, 0) is 55.3 Å². The number of benzene rings is 2. The number of alkyl halides is 3. The maximum atomic E-state index is 13.3. The van der Waals surface area contributed by atoms with Gasteiger partial charge in [0, 0.05) is 11.8 Å². The highest BCUT2D eigenvalue weighted by Crippen LogP contribution is 2.37.